The molecule has 1 aromatic carbocycles. The van der Waals surface area contributed by atoms with Crippen molar-refractivity contribution in [3.8, 4) is 11.5 Å². The first-order valence-corrected chi connectivity index (χ1v) is 9.26. The summed E-state index contributed by atoms with van der Waals surface area (Å²) in [6.07, 6.45) is 1.21. The molecule has 0 saturated carbocycles. The molecule has 0 unspecified atom stereocenters. The van der Waals surface area contributed by atoms with Gasteiger partial charge in [0.25, 0.3) is 0 Å². The van der Waals surface area contributed by atoms with Gasteiger partial charge in [-0.1, -0.05) is 13.8 Å². The number of benzene rings is 1. The van der Waals surface area contributed by atoms with E-state index in [0.717, 1.165) is 6.26 Å². The zero-order chi connectivity index (χ0) is 17.0. The maximum Gasteiger partial charge on any atom is 0.232 e. The molecule has 0 saturated heterocycles. The molecule has 7 nitrogen and oxygen atoms in total. The first kappa shape index (κ1) is 17.4. The number of rotatable bonds is 7. The second-order valence-corrected chi connectivity index (χ2v) is 7.73. The van der Waals surface area contributed by atoms with Crippen molar-refractivity contribution in [2.75, 3.05) is 30.4 Å². The van der Waals surface area contributed by atoms with Gasteiger partial charge >= 0.3 is 0 Å². The van der Waals surface area contributed by atoms with E-state index in [9.17, 15) is 13.2 Å². The first-order valence-electron chi connectivity index (χ1n) is 7.41. The molecular weight excluding hydrogens is 320 g/mol. The number of hydrogen-bond donors (Lipinski definition) is 1. The highest BCUT2D eigenvalue weighted by Gasteiger charge is 2.22. The monoisotopic (exact) mass is 342 g/mol. The van der Waals surface area contributed by atoms with Crippen molar-refractivity contribution in [2.24, 2.45) is 5.92 Å². The number of carbonyl (C=O) groups excluding carboxylic acids is 1. The SMILES string of the molecule is CC(C)CNC(=O)CCN(c1ccc2c(c1)OCO2)S(C)(=O)=O. The molecule has 0 fully saturated rings. The Labute approximate surface area is 136 Å². The second-order valence-electron chi connectivity index (χ2n) is 5.82. The van der Waals surface area contributed by atoms with Crippen molar-refractivity contribution in [3.63, 3.8) is 0 Å². The fraction of sp³-hybridized carbons (Fsp3) is 0.533. The third kappa shape index (κ3) is 4.75. The van der Waals surface area contributed by atoms with Gasteiger partial charge in [0.2, 0.25) is 22.7 Å². The molecule has 23 heavy (non-hydrogen) atoms. The van der Waals surface area contributed by atoms with Gasteiger partial charge in [-0.25, -0.2) is 8.42 Å². The van der Waals surface area contributed by atoms with Crippen LogP contribution in [0.3, 0.4) is 0 Å². The highest BCUT2D eigenvalue weighted by atomic mass is 32.2. The van der Waals surface area contributed by atoms with Crippen molar-refractivity contribution in [1.29, 1.82) is 0 Å². The number of sulfonamides is 1. The van der Waals surface area contributed by atoms with Crippen molar-refractivity contribution in [1.82, 2.24) is 5.32 Å². The molecule has 0 radical (unpaired) electrons. The molecule has 1 N–H and O–H groups in total. The average molecular weight is 342 g/mol. The van der Waals surface area contributed by atoms with Crippen LogP contribution in [0.5, 0.6) is 11.5 Å². The largest absolute Gasteiger partial charge is 0.454 e. The quantitative estimate of drug-likeness (QED) is 0.808. The molecule has 8 heteroatoms. The van der Waals surface area contributed by atoms with Crippen LogP contribution in [0.2, 0.25) is 0 Å². The molecule has 0 aromatic heterocycles. The lowest BCUT2D eigenvalue weighted by atomic mass is 10.2. The van der Waals surface area contributed by atoms with E-state index < -0.39 is 10.0 Å². The molecule has 1 aromatic rings. The summed E-state index contributed by atoms with van der Waals surface area (Å²) in [4.78, 5) is 11.8. The lowest BCUT2D eigenvalue weighted by Crippen LogP contribution is -2.35. The predicted octanol–water partition coefficient (Wildman–Crippen LogP) is 1.34. The summed E-state index contributed by atoms with van der Waals surface area (Å²) in [5.74, 6) is 1.25. The van der Waals surface area contributed by atoms with E-state index in [4.69, 9.17) is 9.47 Å². The number of nitrogens with zero attached hydrogens (tertiary/aromatic N) is 1. The fourth-order valence-electron chi connectivity index (χ4n) is 2.14. The van der Waals surface area contributed by atoms with Gasteiger partial charge in [0.05, 0.1) is 11.9 Å². The van der Waals surface area contributed by atoms with Crippen molar-refractivity contribution >= 4 is 21.6 Å². The van der Waals surface area contributed by atoms with E-state index in [1.54, 1.807) is 18.2 Å². The number of ether oxygens (including phenoxy) is 2. The minimum absolute atomic E-state index is 0.0718. The Morgan fingerprint density at radius 2 is 2.00 bits per heavy atom. The van der Waals surface area contributed by atoms with Crippen molar-refractivity contribution in [3.05, 3.63) is 18.2 Å². The standard InChI is InChI=1S/C15H22N2O5S/c1-11(2)9-16-15(18)6-7-17(23(3,19)20)12-4-5-13-14(8-12)22-10-21-13/h4-5,8,11H,6-7,9-10H2,1-3H3,(H,16,18). The number of carbonyl (C=O) groups is 1. The Hall–Kier alpha value is -1.96. The van der Waals surface area contributed by atoms with Gasteiger partial charge in [-0.05, 0) is 18.1 Å². The molecule has 2 rings (SSSR count). The topological polar surface area (TPSA) is 84.9 Å². The molecule has 128 valence electrons. The Kier molecular flexibility index (Phi) is 5.35. The van der Waals surface area contributed by atoms with E-state index in [2.05, 4.69) is 5.32 Å². The normalized spacial score (nSPS) is 13.2. The van der Waals surface area contributed by atoms with Crippen LogP contribution in [0.1, 0.15) is 20.3 Å². The molecule has 1 aliphatic rings. The lowest BCUT2D eigenvalue weighted by molar-refractivity contribution is -0.121. The number of nitrogens with one attached hydrogen (secondary N) is 1. The van der Waals surface area contributed by atoms with Crippen LogP contribution in [-0.2, 0) is 14.8 Å². The average Bonchev–Trinajstić information content (AvgIpc) is 2.91. The molecule has 0 bridgehead atoms. The molecule has 0 aliphatic carbocycles. The lowest BCUT2D eigenvalue weighted by Gasteiger charge is -2.22. The maximum atomic E-state index is 12.0. The molecule has 0 spiro atoms. The van der Waals surface area contributed by atoms with E-state index in [-0.39, 0.29) is 25.7 Å². The summed E-state index contributed by atoms with van der Waals surface area (Å²) >= 11 is 0. The summed E-state index contributed by atoms with van der Waals surface area (Å²) in [6.45, 7) is 4.75. The van der Waals surface area contributed by atoms with Crippen LogP contribution >= 0.6 is 0 Å². The van der Waals surface area contributed by atoms with Crippen LogP contribution in [0.15, 0.2) is 18.2 Å². The Bertz CT molecular complexity index is 672. The number of fused-ring (bicyclic) bond motifs is 1. The Morgan fingerprint density at radius 3 is 2.65 bits per heavy atom. The highest BCUT2D eigenvalue weighted by Crippen LogP contribution is 2.36. The van der Waals surface area contributed by atoms with E-state index in [1.165, 1.54) is 4.31 Å². The summed E-state index contributed by atoms with van der Waals surface area (Å²) < 4.78 is 35.8. The molecule has 0 atom stereocenters. The molecular formula is C15H22N2O5S. The number of amides is 1. The Morgan fingerprint density at radius 1 is 1.30 bits per heavy atom. The Balaban J connectivity index is 2.08. The predicted molar refractivity (Wildman–Crippen MR) is 87.2 cm³/mol. The fourth-order valence-corrected chi connectivity index (χ4v) is 3.06. The van der Waals surface area contributed by atoms with Gasteiger partial charge in [-0.2, -0.15) is 0 Å². The van der Waals surface area contributed by atoms with Crippen LogP contribution < -0.4 is 19.1 Å². The van der Waals surface area contributed by atoms with Gasteiger partial charge in [0, 0.05) is 25.6 Å². The molecule has 1 amide bonds. The van der Waals surface area contributed by atoms with Gasteiger partial charge in [-0.3, -0.25) is 9.10 Å². The van der Waals surface area contributed by atoms with Crippen LogP contribution in [-0.4, -0.2) is 40.5 Å². The van der Waals surface area contributed by atoms with Gasteiger partial charge < -0.3 is 14.8 Å². The van der Waals surface area contributed by atoms with Gasteiger partial charge in [0.1, 0.15) is 0 Å². The maximum absolute atomic E-state index is 12.0. The van der Waals surface area contributed by atoms with E-state index in [0.29, 0.717) is 29.6 Å². The third-order valence-electron chi connectivity index (χ3n) is 3.29. The zero-order valence-electron chi connectivity index (χ0n) is 13.5. The third-order valence-corrected chi connectivity index (χ3v) is 4.49. The molecule has 1 heterocycles. The summed E-state index contributed by atoms with van der Waals surface area (Å²) in [5.41, 5.74) is 0.452. The summed E-state index contributed by atoms with van der Waals surface area (Å²) in [7, 11) is -3.51. The van der Waals surface area contributed by atoms with Crippen molar-refractivity contribution in [2.45, 2.75) is 20.3 Å². The van der Waals surface area contributed by atoms with Crippen LogP contribution in [0, 0.1) is 5.92 Å². The smallest absolute Gasteiger partial charge is 0.232 e. The number of hydrogen-bond acceptors (Lipinski definition) is 5. The summed E-state index contributed by atoms with van der Waals surface area (Å²) in [6, 6.07) is 4.91. The minimum Gasteiger partial charge on any atom is -0.454 e. The number of anilines is 1. The van der Waals surface area contributed by atoms with Crippen molar-refractivity contribution < 1.29 is 22.7 Å². The molecule has 1 aliphatic heterocycles. The summed E-state index contributed by atoms with van der Waals surface area (Å²) in [5, 5.41) is 2.78. The zero-order valence-corrected chi connectivity index (χ0v) is 14.4. The van der Waals surface area contributed by atoms with Crippen LogP contribution in [0.25, 0.3) is 0 Å². The van der Waals surface area contributed by atoms with Crippen LogP contribution in [0.4, 0.5) is 5.69 Å². The van der Waals surface area contributed by atoms with E-state index >= 15 is 0 Å². The van der Waals surface area contributed by atoms with Gasteiger partial charge in [-0.15, -0.1) is 0 Å². The second kappa shape index (κ2) is 7.08. The van der Waals surface area contributed by atoms with E-state index in [1.807, 2.05) is 13.8 Å². The highest BCUT2D eigenvalue weighted by molar-refractivity contribution is 7.92. The first-order chi connectivity index (χ1) is 10.8. The van der Waals surface area contributed by atoms with Gasteiger partial charge in [0.15, 0.2) is 11.5 Å². The minimum atomic E-state index is -3.51.